The third-order valence-electron chi connectivity index (χ3n) is 5.06. The van der Waals surface area contributed by atoms with Crippen molar-refractivity contribution < 1.29 is 14.3 Å². The largest absolute Gasteiger partial charge is 0.497 e. The number of hydrogen-bond donors (Lipinski definition) is 1. The first-order valence-corrected chi connectivity index (χ1v) is 9.74. The number of pyridine rings is 1. The number of nitrogens with one attached hydrogen (secondary N) is 1. The molecule has 2 heterocycles. The fourth-order valence-corrected chi connectivity index (χ4v) is 3.55. The summed E-state index contributed by atoms with van der Waals surface area (Å²) in [6.07, 6.45) is 1.75. The lowest BCUT2D eigenvalue weighted by Crippen LogP contribution is -2.46. The molecule has 0 aliphatic carbocycles. The number of amides is 2. The van der Waals surface area contributed by atoms with E-state index in [9.17, 15) is 4.79 Å². The van der Waals surface area contributed by atoms with Crippen LogP contribution in [0.25, 0.3) is 0 Å². The van der Waals surface area contributed by atoms with E-state index in [0.29, 0.717) is 30.3 Å². The molecule has 30 heavy (non-hydrogen) atoms. The molecule has 3 aromatic rings. The minimum atomic E-state index is -0.241. The van der Waals surface area contributed by atoms with Gasteiger partial charge in [0.2, 0.25) is 0 Å². The smallest absolute Gasteiger partial charge is 0.326 e. The van der Waals surface area contributed by atoms with Gasteiger partial charge in [0.25, 0.3) is 0 Å². The third kappa shape index (κ3) is 4.00. The third-order valence-corrected chi connectivity index (χ3v) is 5.06. The topological polar surface area (TPSA) is 66.9 Å². The van der Waals surface area contributed by atoms with Crippen molar-refractivity contribution in [3.63, 3.8) is 0 Å². The van der Waals surface area contributed by atoms with E-state index >= 15 is 0 Å². The average Bonchev–Trinajstić information content (AvgIpc) is 2.80. The van der Waals surface area contributed by atoms with E-state index in [2.05, 4.69) is 27.3 Å². The number of methoxy groups -OCH3 is 2. The summed E-state index contributed by atoms with van der Waals surface area (Å²) < 4.78 is 10.6. The maximum Gasteiger partial charge on any atom is 0.326 e. The molecule has 0 atom stereocenters. The van der Waals surface area contributed by atoms with Crippen LogP contribution in [0.4, 0.5) is 22.0 Å². The molecule has 0 spiro atoms. The number of fused-ring (bicyclic) bond motifs is 1. The predicted octanol–water partition coefficient (Wildman–Crippen LogP) is 4.16. The summed E-state index contributed by atoms with van der Waals surface area (Å²) in [5, 5.41) is 2.95. The molecule has 0 saturated heterocycles. The van der Waals surface area contributed by atoms with E-state index in [4.69, 9.17) is 9.47 Å². The normalized spacial score (nSPS) is 12.9. The molecule has 0 bridgehead atoms. The van der Waals surface area contributed by atoms with Crippen LogP contribution in [0.1, 0.15) is 5.56 Å². The molecule has 2 amide bonds. The van der Waals surface area contributed by atoms with Gasteiger partial charge in [-0.3, -0.25) is 4.90 Å². The van der Waals surface area contributed by atoms with Crippen LogP contribution in [0, 0.1) is 0 Å². The van der Waals surface area contributed by atoms with E-state index in [1.54, 1.807) is 43.5 Å². The first-order chi connectivity index (χ1) is 14.7. The van der Waals surface area contributed by atoms with Gasteiger partial charge in [-0.2, -0.15) is 0 Å². The Morgan fingerprint density at radius 1 is 1.03 bits per heavy atom. The number of carbonyl (C=O) groups is 1. The van der Waals surface area contributed by atoms with Crippen molar-refractivity contribution in [2.45, 2.75) is 6.54 Å². The molecule has 1 aliphatic heterocycles. The molecular formula is C23H24N4O3. The highest BCUT2D eigenvalue weighted by atomic mass is 16.5. The zero-order valence-corrected chi connectivity index (χ0v) is 17.0. The van der Waals surface area contributed by atoms with E-state index < -0.39 is 0 Å². The summed E-state index contributed by atoms with van der Waals surface area (Å²) in [6, 6.07) is 19.1. The second-order valence-corrected chi connectivity index (χ2v) is 6.90. The van der Waals surface area contributed by atoms with Crippen LogP contribution in [0.2, 0.25) is 0 Å². The number of anilines is 3. The minimum absolute atomic E-state index is 0.241. The average molecular weight is 404 g/mol. The minimum Gasteiger partial charge on any atom is -0.497 e. The zero-order valence-electron chi connectivity index (χ0n) is 17.0. The van der Waals surface area contributed by atoms with Gasteiger partial charge in [-0.25, -0.2) is 9.78 Å². The molecular weight excluding hydrogens is 380 g/mol. The molecule has 1 N–H and O–H groups in total. The van der Waals surface area contributed by atoms with Gasteiger partial charge in [-0.15, -0.1) is 0 Å². The van der Waals surface area contributed by atoms with Crippen molar-refractivity contribution in [3.05, 3.63) is 72.4 Å². The van der Waals surface area contributed by atoms with Gasteiger partial charge in [0.05, 0.1) is 25.6 Å². The fourth-order valence-electron chi connectivity index (χ4n) is 3.55. The van der Waals surface area contributed by atoms with Crippen LogP contribution in [-0.2, 0) is 6.54 Å². The van der Waals surface area contributed by atoms with Crippen LogP contribution in [0.5, 0.6) is 11.5 Å². The molecule has 0 unspecified atom stereocenters. The Bertz CT molecular complexity index is 1030. The van der Waals surface area contributed by atoms with Crippen LogP contribution in [0.3, 0.4) is 0 Å². The Morgan fingerprint density at radius 3 is 2.63 bits per heavy atom. The SMILES string of the molecule is COc1ccc(OC)c(NC(=O)N2CCN(Cc3ccccc3)c3ncccc32)c1. The number of carbonyl (C=O) groups excluding carboxylic acids is 1. The molecule has 7 nitrogen and oxygen atoms in total. The van der Waals surface area contributed by atoms with Crippen molar-refractivity contribution in [1.29, 1.82) is 0 Å². The van der Waals surface area contributed by atoms with Gasteiger partial charge < -0.3 is 19.7 Å². The highest BCUT2D eigenvalue weighted by Crippen LogP contribution is 2.34. The number of urea groups is 1. The van der Waals surface area contributed by atoms with Crippen molar-refractivity contribution in [2.75, 3.05) is 42.4 Å². The van der Waals surface area contributed by atoms with Crippen LogP contribution < -0.4 is 24.6 Å². The Kier molecular flexibility index (Phi) is 5.70. The van der Waals surface area contributed by atoms with Crippen molar-refractivity contribution >= 4 is 23.2 Å². The van der Waals surface area contributed by atoms with E-state index in [1.807, 2.05) is 30.3 Å². The van der Waals surface area contributed by atoms with E-state index in [0.717, 1.165) is 18.1 Å². The molecule has 0 radical (unpaired) electrons. The van der Waals surface area contributed by atoms with Gasteiger partial charge >= 0.3 is 6.03 Å². The van der Waals surface area contributed by atoms with E-state index in [-0.39, 0.29) is 6.03 Å². The summed E-state index contributed by atoms with van der Waals surface area (Å²) in [6.45, 7) is 1.97. The van der Waals surface area contributed by atoms with Gasteiger partial charge in [0.15, 0.2) is 5.82 Å². The van der Waals surface area contributed by atoms with Crippen molar-refractivity contribution in [3.8, 4) is 11.5 Å². The first-order valence-electron chi connectivity index (χ1n) is 9.74. The van der Waals surface area contributed by atoms with Gasteiger partial charge in [-0.1, -0.05) is 30.3 Å². The quantitative estimate of drug-likeness (QED) is 0.692. The predicted molar refractivity (Wildman–Crippen MR) is 118 cm³/mol. The Labute approximate surface area is 175 Å². The lowest BCUT2D eigenvalue weighted by atomic mass is 10.2. The molecule has 1 aromatic heterocycles. The van der Waals surface area contributed by atoms with E-state index in [1.165, 1.54) is 5.56 Å². The Balaban J connectivity index is 1.57. The highest BCUT2D eigenvalue weighted by Gasteiger charge is 2.28. The monoisotopic (exact) mass is 404 g/mol. The van der Waals surface area contributed by atoms with Crippen molar-refractivity contribution in [2.24, 2.45) is 0 Å². The molecule has 1 aliphatic rings. The lowest BCUT2D eigenvalue weighted by molar-refractivity contribution is 0.256. The molecule has 154 valence electrons. The molecule has 7 heteroatoms. The van der Waals surface area contributed by atoms with Gasteiger partial charge in [0.1, 0.15) is 11.5 Å². The molecule has 0 saturated carbocycles. The summed E-state index contributed by atoms with van der Waals surface area (Å²) >= 11 is 0. The lowest BCUT2D eigenvalue weighted by Gasteiger charge is -2.36. The maximum atomic E-state index is 13.1. The number of rotatable bonds is 5. The van der Waals surface area contributed by atoms with Crippen LogP contribution >= 0.6 is 0 Å². The van der Waals surface area contributed by atoms with Crippen LogP contribution in [0.15, 0.2) is 66.9 Å². The maximum absolute atomic E-state index is 13.1. The molecule has 0 fully saturated rings. The summed E-state index contributed by atoms with van der Waals surface area (Å²) in [7, 11) is 3.15. The summed E-state index contributed by atoms with van der Waals surface area (Å²) in [5.74, 6) is 2.00. The zero-order chi connectivity index (χ0) is 20.9. The summed E-state index contributed by atoms with van der Waals surface area (Å²) in [4.78, 5) is 21.6. The summed E-state index contributed by atoms with van der Waals surface area (Å²) in [5.41, 5.74) is 2.53. The Morgan fingerprint density at radius 2 is 1.87 bits per heavy atom. The molecule has 4 rings (SSSR count). The second-order valence-electron chi connectivity index (χ2n) is 6.90. The standard InChI is InChI=1S/C23H24N4O3/c1-29-18-10-11-21(30-2)19(15-18)25-23(28)27-14-13-26(16-17-7-4-3-5-8-17)22-20(27)9-6-12-24-22/h3-12,15H,13-14,16H2,1-2H3,(H,25,28). The van der Waals surface area contributed by atoms with Gasteiger partial charge in [-0.05, 0) is 29.8 Å². The number of nitrogens with zero attached hydrogens (tertiary/aromatic N) is 3. The molecule has 2 aromatic carbocycles. The number of benzene rings is 2. The number of aromatic nitrogens is 1. The van der Waals surface area contributed by atoms with Gasteiger partial charge in [0, 0.05) is 31.9 Å². The number of hydrogen-bond acceptors (Lipinski definition) is 5. The Hall–Kier alpha value is -3.74. The fraction of sp³-hybridized carbons (Fsp3) is 0.217. The van der Waals surface area contributed by atoms with Crippen molar-refractivity contribution in [1.82, 2.24) is 4.98 Å². The number of ether oxygens (including phenoxy) is 2. The highest BCUT2D eigenvalue weighted by molar-refractivity contribution is 6.04. The van der Waals surface area contributed by atoms with Crippen LogP contribution in [-0.4, -0.2) is 38.3 Å². The first kappa shape index (κ1) is 19.6. The second kappa shape index (κ2) is 8.73.